The smallest absolute Gasteiger partial charge is 0.120 e. The summed E-state index contributed by atoms with van der Waals surface area (Å²) >= 11 is 0. The molecule has 0 radical (unpaired) electrons. The van der Waals surface area contributed by atoms with Crippen molar-refractivity contribution in [1.82, 2.24) is 10.2 Å². The third-order valence-electron chi connectivity index (χ3n) is 3.60. The van der Waals surface area contributed by atoms with Crippen LogP contribution in [0.1, 0.15) is 43.8 Å². The summed E-state index contributed by atoms with van der Waals surface area (Å²) in [6, 6.07) is 2.19. The van der Waals surface area contributed by atoms with E-state index in [1.165, 1.54) is 24.9 Å². The van der Waals surface area contributed by atoms with Crippen LogP contribution in [0.25, 0.3) is 0 Å². The highest BCUT2D eigenvalue weighted by Gasteiger charge is 2.23. The minimum Gasteiger partial charge on any atom is -0.463 e. The molecule has 1 saturated carbocycles. The van der Waals surface area contributed by atoms with Crippen LogP contribution in [0, 0.1) is 18.8 Å². The molecule has 1 aliphatic carbocycles. The first-order chi connectivity index (χ1) is 9.04. The van der Waals surface area contributed by atoms with E-state index in [9.17, 15) is 0 Å². The van der Waals surface area contributed by atoms with E-state index in [1.54, 1.807) is 0 Å². The predicted molar refractivity (Wildman–Crippen MR) is 79.0 cm³/mol. The second-order valence-corrected chi connectivity index (χ2v) is 6.48. The Kier molecular flexibility index (Phi) is 5.06. The molecule has 0 spiro atoms. The fraction of sp³-hybridized carbons (Fsp3) is 0.750. The summed E-state index contributed by atoms with van der Waals surface area (Å²) in [5.74, 6) is 3.81. The molecule has 1 aliphatic rings. The highest BCUT2D eigenvalue weighted by Crippen LogP contribution is 2.29. The van der Waals surface area contributed by atoms with E-state index in [0.717, 1.165) is 37.1 Å². The fourth-order valence-electron chi connectivity index (χ4n) is 2.39. The van der Waals surface area contributed by atoms with Crippen molar-refractivity contribution in [2.45, 2.75) is 46.7 Å². The molecular formula is C16H28N2O. The molecule has 0 saturated heterocycles. The topological polar surface area (TPSA) is 28.4 Å². The van der Waals surface area contributed by atoms with E-state index in [4.69, 9.17) is 4.42 Å². The minimum atomic E-state index is 0.680. The summed E-state index contributed by atoms with van der Waals surface area (Å²) in [6.45, 7) is 10.6. The summed E-state index contributed by atoms with van der Waals surface area (Å²) in [5, 5.41) is 3.44. The SMILES string of the molecule is Cc1cc(CN(C)CC2CC2)oc1CNCC(C)C. The molecular weight excluding hydrogens is 236 g/mol. The van der Waals surface area contributed by atoms with Gasteiger partial charge in [0.1, 0.15) is 11.5 Å². The van der Waals surface area contributed by atoms with E-state index in [-0.39, 0.29) is 0 Å². The summed E-state index contributed by atoms with van der Waals surface area (Å²) in [6.07, 6.45) is 2.82. The van der Waals surface area contributed by atoms with Gasteiger partial charge in [-0.3, -0.25) is 4.90 Å². The van der Waals surface area contributed by atoms with Gasteiger partial charge in [-0.15, -0.1) is 0 Å². The first-order valence-electron chi connectivity index (χ1n) is 7.52. The van der Waals surface area contributed by atoms with Crippen LogP contribution in [-0.4, -0.2) is 25.0 Å². The van der Waals surface area contributed by atoms with Crippen molar-refractivity contribution in [2.24, 2.45) is 11.8 Å². The fourth-order valence-corrected chi connectivity index (χ4v) is 2.39. The Bertz CT molecular complexity index is 393. The van der Waals surface area contributed by atoms with Crippen LogP contribution >= 0.6 is 0 Å². The van der Waals surface area contributed by atoms with E-state index in [2.05, 4.69) is 44.1 Å². The Morgan fingerprint density at radius 1 is 1.42 bits per heavy atom. The molecule has 0 aliphatic heterocycles. The molecule has 1 N–H and O–H groups in total. The van der Waals surface area contributed by atoms with Crippen LogP contribution in [0.15, 0.2) is 10.5 Å². The maximum Gasteiger partial charge on any atom is 0.120 e. The standard InChI is InChI=1S/C16H28N2O/c1-12(2)8-17-9-16-13(3)7-15(19-16)11-18(4)10-14-5-6-14/h7,12,14,17H,5-6,8-11H2,1-4H3. The van der Waals surface area contributed by atoms with E-state index >= 15 is 0 Å². The Hall–Kier alpha value is -0.800. The largest absolute Gasteiger partial charge is 0.463 e. The van der Waals surface area contributed by atoms with Crippen molar-refractivity contribution < 1.29 is 4.42 Å². The Morgan fingerprint density at radius 2 is 2.16 bits per heavy atom. The lowest BCUT2D eigenvalue weighted by Crippen LogP contribution is -2.20. The van der Waals surface area contributed by atoms with E-state index in [0.29, 0.717) is 5.92 Å². The van der Waals surface area contributed by atoms with Crippen molar-refractivity contribution in [2.75, 3.05) is 20.1 Å². The number of hydrogen-bond acceptors (Lipinski definition) is 3. The second kappa shape index (κ2) is 6.58. The molecule has 3 nitrogen and oxygen atoms in total. The molecule has 1 heterocycles. The van der Waals surface area contributed by atoms with Crippen molar-refractivity contribution in [1.29, 1.82) is 0 Å². The highest BCUT2D eigenvalue weighted by atomic mass is 16.3. The van der Waals surface area contributed by atoms with E-state index < -0.39 is 0 Å². The third kappa shape index (κ3) is 5.00. The van der Waals surface area contributed by atoms with Crippen molar-refractivity contribution in [3.8, 4) is 0 Å². The zero-order valence-corrected chi connectivity index (χ0v) is 12.8. The minimum absolute atomic E-state index is 0.680. The molecule has 108 valence electrons. The van der Waals surface area contributed by atoms with E-state index in [1.807, 2.05) is 0 Å². The van der Waals surface area contributed by atoms with Gasteiger partial charge in [-0.1, -0.05) is 13.8 Å². The van der Waals surface area contributed by atoms with Crippen LogP contribution in [-0.2, 0) is 13.1 Å². The molecule has 1 fully saturated rings. The predicted octanol–water partition coefficient (Wildman–Crippen LogP) is 3.18. The summed E-state index contributed by atoms with van der Waals surface area (Å²) in [7, 11) is 2.19. The Balaban J connectivity index is 1.81. The first-order valence-corrected chi connectivity index (χ1v) is 7.52. The molecule has 19 heavy (non-hydrogen) atoms. The molecule has 0 bridgehead atoms. The normalized spacial score (nSPS) is 15.7. The summed E-state index contributed by atoms with van der Waals surface area (Å²) < 4.78 is 5.96. The molecule has 1 aromatic rings. The lowest BCUT2D eigenvalue weighted by molar-refractivity contribution is 0.279. The Labute approximate surface area is 117 Å². The first kappa shape index (κ1) is 14.6. The highest BCUT2D eigenvalue weighted by molar-refractivity contribution is 5.20. The summed E-state index contributed by atoms with van der Waals surface area (Å²) in [5.41, 5.74) is 1.27. The molecule has 2 rings (SSSR count). The number of nitrogens with one attached hydrogen (secondary N) is 1. The van der Waals surface area contributed by atoms with Gasteiger partial charge < -0.3 is 9.73 Å². The van der Waals surface area contributed by atoms with Crippen molar-refractivity contribution in [3.63, 3.8) is 0 Å². The van der Waals surface area contributed by atoms with Gasteiger partial charge in [-0.25, -0.2) is 0 Å². The van der Waals surface area contributed by atoms with Gasteiger partial charge in [0.15, 0.2) is 0 Å². The molecule has 0 unspecified atom stereocenters. The maximum absolute atomic E-state index is 5.96. The van der Waals surface area contributed by atoms with Crippen LogP contribution in [0.5, 0.6) is 0 Å². The summed E-state index contributed by atoms with van der Waals surface area (Å²) in [4.78, 5) is 2.38. The number of nitrogens with zero attached hydrogens (tertiary/aromatic N) is 1. The average molecular weight is 264 g/mol. The van der Waals surface area contributed by atoms with Crippen molar-refractivity contribution >= 4 is 0 Å². The van der Waals surface area contributed by atoms with Gasteiger partial charge in [0.2, 0.25) is 0 Å². The lowest BCUT2D eigenvalue weighted by atomic mass is 10.2. The van der Waals surface area contributed by atoms with Gasteiger partial charge in [0.25, 0.3) is 0 Å². The van der Waals surface area contributed by atoms with Gasteiger partial charge in [0, 0.05) is 6.54 Å². The quantitative estimate of drug-likeness (QED) is 0.781. The lowest BCUT2D eigenvalue weighted by Gasteiger charge is -2.14. The average Bonchev–Trinajstić information content (AvgIpc) is 3.04. The monoisotopic (exact) mass is 264 g/mol. The molecule has 0 atom stereocenters. The van der Waals surface area contributed by atoms with Gasteiger partial charge >= 0.3 is 0 Å². The van der Waals surface area contributed by atoms with Crippen LogP contribution in [0.3, 0.4) is 0 Å². The van der Waals surface area contributed by atoms with Gasteiger partial charge in [0.05, 0.1) is 13.1 Å². The number of furan rings is 1. The van der Waals surface area contributed by atoms with Crippen LogP contribution in [0.4, 0.5) is 0 Å². The second-order valence-electron chi connectivity index (χ2n) is 6.48. The zero-order chi connectivity index (χ0) is 13.8. The van der Waals surface area contributed by atoms with Crippen LogP contribution < -0.4 is 5.32 Å². The number of aryl methyl sites for hydroxylation is 1. The van der Waals surface area contributed by atoms with Gasteiger partial charge in [-0.2, -0.15) is 0 Å². The maximum atomic E-state index is 5.96. The van der Waals surface area contributed by atoms with Crippen LogP contribution in [0.2, 0.25) is 0 Å². The van der Waals surface area contributed by atoms with Gasteiger partial charge in [-0.05, 0) is 56.8 Å². The number of hydrogen-bond donors (Lipinski definition) is 1. The zero-order valence-electron chi connectivity index (χ0n) is 12.8. The molecule has 1 aromatic heterocycles. The number of rotatable bonds is 8. The molecule has 3 heteroatoms. The van der Waals surface area contributed by atoms with Crippen molar-refractivity contribution in [3.05, 3.63) is 23.2 Å². The Morgan fingerprint density at radius 3 is 2.79 bits per heavy atom. The molecule has 0 amide bonds. The third-order valence-corrected chi connectivity index (χ3v) is 3.60. The molecule has 0 aromatic carbocycles.